The molecule has 0 spiro atoms. The van der Waals surface area contributed by atoms with Crippen LogP contribution in [-0.2, 0) is 19.0 Å². The molecule has 1 aliphatic heterocycles. The van der Waals surface area contributed by atoms with Gasteiger partial charge in [-0.2, -0.15) is 0 Å². The minimum absolute atomic E-state index is 0.0660. The Morgan fingerprint density at radius 3 is 2.83 bits per heavy atom. The molecular weight excluding hydrogens is 308 g/mol. The number of carbonyl (C=O) groups excluding carboxylic acids is 1. The Morgan fingerprint density at radius 1 is 1.38 bits per heavy atom. The molecule has 1 aromatic carbocycles. The zero-order chi connectivity index (χ0) is 17.4. The van der Waals surface area contributed by atoms with E-state index in [4.69, 9.17) is 14.2 Å². The van der Waals surface area contributed by atoms with Gasteiger partial charge in [0.05, 0.1) is 24.9 Å². The second-order valence-corrected chi connectivity index (χ2v) is 5.96. The first-order valence-electron chi connectivity index (χ1n) is 8.45. The highest BCUT2D eigenvalue weighted by molar-refractivity contribution is 5.81. The van der Waals surface area contributed by atoms with Gasteiger partial charge < -0.3 is 19.3 Å². The van der Waals surface area contributed by atoms with E-state index >= 15 is 0 Å². The summed E-state index contributed by atoms with van der Waals surface area (Å²) in [5.74, 6) is -0.384. The average Bonchev–Trinajstić information content (AvgIpc) is 2.55. The van der Waals surface area contributed by atoms with Gasteiger partial charge >= 0.3 is 5.97 Å². The lowest BCUT2D eigenvalue weighted by Gasteiger charge is -2.35. The molecule has 0 radical (unpaired) electrons. The highest BCUT2D eigenvalue weighted by Crippen LogP contribution is 2.31. The number of hydrogen-bond donors (Lipinski definition) is 1. The van der Waals surface area contributed by atoms with Gasteiger partial charge in [-0.1, -0.05) is 36.4 Å². The smallest absolute Gasteiger partial charge is 0.330 e. The molecule has 0 aliphatic carbocycles. The molecule has 1 saturated heterocycles. The molecule has 0 aromatic heterocycles. The third-order valence-corrected chi connectivity index (χ3v) is 3.82. The standard InChI is InChI=1S/C19H26O5/c1-3-22-18(21)11-7-10-16(20)13-17-12-14(2)23-19(24-17)15-8-5-4-6-9-15/h4-9,11,14,16-17,19-20H,3,10,12-13H2,1-2H3/b11-7+/t14-,16+,17-,19-/m0/s1. The third kappa shape index (κ3) is 6.07. The molecular formula is C19H26O5. The molecule has 5 heteroatoms. The van der Waals surface area contributed by atoms with Crippen molar-refractivity contribution in [3.05, 3.63) is 48.0 Å². The van der Waals surface area contributed by atoms with Gasteiger partial charge in [-0.3, -0.25) is 0 Å². The number of hydrogen-bond acceptors (Lipinski definition) is 5. The van der Waals surface area contributed by atoms with Crippen LogP contribution in [0.25, 0.3) is 0 Å². The van der Waals surface area contributed by atoms with Crippen LogP contribution in [0.15, 0.2) is 42.5 Å². The molecule has 1 N–H and O–H groups in total. The third-order valence-electron chi connectivity index (χ3n) is 3.82. The fourth-order valence-corrected chi connectivity index (χ4v) is 2.73. The molecule has 0 amide bonds. The van der Waals surface area contributed by atoms with Crippen LogP contribution in [0.5, 0.6) is 0 Å². The molecule has 0 bridgehead atoms. The Kier molecular flexibility index (Phi) is 7.43. The lowest BCUT2D eigenvalue weighted by atomic mass is 10.0. The van der Waals surface area contributed by atoms with Gasteiger partial charge in [-0.25, -0.2) is 4.79 Å². The Balaban J connectivity index is 1.83. The number of aliphatic hydroxyl groups is 1. The van der Waals surface area contributed by atoms with Crippen molar-refractivity contribution in [2.24, 2.45) is 0 Å². The van der Waals surface area contributed by atoms with Gasteiger partial charge in [-0.05, 0) is 26.7 Å². The molecule has 0 unspecified atom stereocenters. The Bertz CT molecular complexity index is 528. The van der Waals surface area contributed by atoms with E-state index < -0.39 is 12.4 Å². The Labute approximate surface area is 143 Å². The van der Waals surface area contributed by atoms with Crippen molar-refractivity contribution in [3.8, 4) is 0 Å². The lowest BCUT2D eigenvalue weighted by Crippen LogP contribution is -2.34. The maximum atomic E-state index is 11.2. The van der Waals surface area contributed by atoms with E-state index in [1.54, 1.807) is 13.0 Å². The molecule has 4 atom stereocenters. The largest absolute Gasteiger partial charge is 0.463 e. The summed E-state index contributed by atoms with van der Waals surface area (Å²) >= 11 is 0. The molecule has 0 saturated carbocycles. The molecule has 24 heavy (non-hydrogen) atoms. The van der Waals surface area contributed by atoms with Gasteiger partial charge in [0.2, 0.25) is 0 Å². The van der Waals surface area contributed by atoms with E-state index in [0.29, 0.717) is 19.4 Å². The summed E-state index contributed by atoms with van der Waals surface area (Å²) in [6.45, 7) is 4.12. The predicted molar refractivity (Wildman–Crippen MR) is 90.2 cm³/mol. The van der Waals surface area contributed by atoms with Gasteiger partial charge in [0, 0.05) is 18.1 Å². The van der Waals surface area contributed by atoms with Crippen LogP contribution in [0.2, 0.25) is 0 Å². The van der Waals surface area contributed by atoms with Crippen LogP contribution in [0.1, 0.15) is 45.0 Å². The van der Waals surface area contributed by atoms with Gasteiger partial charge in [-0.15, -0.1) is 0 Å². The van der Waals surface area contributed by atoms with Crippen molar-refractivity contribution in [3.63, 3.8) is 0 Å². The van der Waals surface area contributed by atoms with Crippen LogP contribution in [-0.4, -0.2) is 36.0 Å². The number of benzene rings is 1. The first-order chi connectivity index (χ1) is 11.6. The first-order valence-corrected chi connectivity index (χ1v) is 8.45. The highest BCUT2D eigenvalue weighted by Gasteiger charge is 2.29. The van der Waals surface area contributed by atoms with Gasteiger partial charge in [0.15, 0.2) is 6.29 Å². The normalized spacial score (nSPS) is 25.5. The van der Waals surface area contributed by atoms with Crippen LogP contribution in [0.4, 0.5) is 0 Å². The van der Waals surface area contributed by atoms with Crippen molar-refractivity contribution < 1.29 is 24.1 Å². The fourth-order valence-electron chi connectivity index (χ4n) is 2.73. The molecule has 2 rings (SSSR count). The highest BCUT2D eigenvalue weighted by atomic mass is 16.7. The number of esters is 1. The second-order valence-electron chi connectivity index (χ2n) is 5.96. The Morgan fingerprint density at radius 2 is 2.12 bits per heavy atom. The molecule has 1 fully saturated rings. The summed E-state index contributed by atoms with van der Waals surface area (Å²) in [6, 6.07) is 9.79. The van der Waals surface area contributed by atoms with Gasteiger partial charge in [0.1, 0.15) is 0 Å². The monoisotopic (exact) mass is 334 g/mol. The fraction of sp³-hybridized carbons (Fsp3) is 0.526. The van der Waals surface area contributed by atoms with Crippen molar-refractivity contribution in [2.45, 2.75) is 57.7 Å². The van der Waals surface area contributed by atoms with E-state index in [0.717, 1.165) is 12.0 Å². The summed E-state index contributed by atoms with van der Waals surface area (Å²) < 4.78 is 16.6. The van der Waals surface area contributed by atoms with E-state index in [9.17, 15) is 9.90 Å². The zero-order valence-corrected chi connectivity index (χ0v) is 14.3. The molecule has 1 aliphatic rings. The predicted octanol–water partition coefficient (Wildman–Crippen LogP) is 3.14. The van der Waals surface area contributed by atoms with Crippen LogP contribution in [0.3, 0.4) is 0 Å². The SMILES string of the molecule is CCOC(=O)/C=C/C[C@@H](O)C[C@@H]1C[C@H](C)O[C@H](c2ccccc2)O1. The Hall–Kier alpha value is -1.69. The molecule has 1 heterocycles. The van der Waals surface area contributed by atoms with E-state index in [1.807, 2.05) is 37.3 Å². The molecule has 5 nitrogen and oxygen atoms in total. The quantitative estimate of drug-likeness (QED) is 0.613. The topological polar surface area (TPSA) is 65.0 Å². The second kappa shape index (κ2) is 9.57. The van der Waals surface area contributed by atoms with Crippen molar-refractivity contribution >= 4 is 5.97 Å². The van der Waals surface area contributed by atoms with Crippen molar-refractivity contribution in [1.29, 1.82) is 0 Å². The summed E-state index contributed by atoms with van der Waals surface area (Å²) in [7, 11) is 0. The number of ether oxygens (including phenoxy) is 3. The van der Waals surface area contributed by atoms with Crippen LogP contribution < -0.4 is 0 Å². The lowest BCUT2D eigenvalue weighted by molar-refractivity contribution is -0.247. The van der Waals surface area contributed by atoms with Crippen LogP contribution in [0, 0.1) is 0 Å². The zero-order valence-electron chi connectivity index (χ0n) is 14.3. The number of carbonyl (C=O) groups is 1. The van der Waals surface area contributed by atoms with Crippen molar-refractivity contribution in [1.82, 2.24) is 0 Å². The van der Waals surface area contributed by atoms with Gasteiger partial charge in [0.25, 0.3) is 0 Å². The van der Waals surface area contributed by atoms with E-state index in [-0.39, 0.29) is 18.2 Å². The maximum Gasteiger partial charge on any atom is 0.330 e. The minimum atomic E-state index is -0.567. The summed E-state index contributed by atoms with van der Waals surface area (Å²) in [5.41, 5.74) is 0.978. The molecule has 1 aromatic rings. The number of aliphatic hydroxyl groups excluding tert-OH is 1. The average molecular weight is 334 g/mol. The first kappa shape index (κ1) is 18.6. The van der Waals surface area contributed by atoms with Crippen molar-refractivity contribution in [2.75, 3.05) is 6.61 Å². The minimum Gasteiger partial charge on any atom is -0.463 e. The maximum absolute atomic E-state index is 11.2. The summed E-state index contributed by atoms with van der Waals surface area (Å²) in [6.07, 6.45) is 3.65. The summed E-state index contributed by atoms with van der Waals surface area (Å²) in [5, 5.41) is 10.2. The van der Waals surface area contributed by atoms with Crippen LogP contribution >= 0.6 is 0 Å². The van der Waals surface area contributed by atoms with E-state index in [2.05, 4.69) is 0 Å². The van der Waals surface area contributed by atoms with E-state index in [1.165, 1.54) is 6.08 Å². The summed E-state index contributed by atoms with van der Waals surface area (Å²) in [4.78, 5) is 11.2. The molecule has 132 valence electrons. The number of rotatable bonds is 7.